The van der Waals surface area contributed by atoms with Crippen LogP contribution in [0.5, 0.6) is 0 Å². The van der Waals surface area contributed by atoms with Gasteiger partial charge in [0.05, 0.1) is 24.8 Å². The van der Waals surface area contributed by atoms with Crippen LogP contribution in [0.2, 0.25) is 0 Å². The van der Waals surface area contributed by atoms with Crippen molar-refractivity contribution in [2.45, 2.75) is 6.42 Å². The third-order valence-electron chi connectivity index (χ3n) is 2.63. The highest BCUT2D eigenvalue weighted by atomic mass is 16.5. The van der Waals surface area contributed by atoms with E-state index in [1.807, 2.05) is 13.1 Å². The summed E-state index contributed by atoms with van der Waals surface area (Å²) in [5, 5.41) is 11.7. The molecule has 0 aliphatic heterocycles. The highest BCUT2D eigenvalue weighted by molar-refractivity contribution is 5.87. The number of esters is 1. The van der Waals surface area contributed by atoms with Crippen molar-refractivity contribution in [3.8, 4) is 6.07 Å². The predicted octanol–water partition coefficient (Wildman–Crippen LogP) is 1.74. The fraction of sp³-hybridized carbons (Fsp3) is 0.375. The molecular formula is C16H20N2O3. The SMILES string of the molecule is CNCCOCCCOC(=O)/C=C/c1ccc(C#N)cc1. The van der Waals surface area contributed by atoms with Crippen LogP contribution in [-0.4, -0.2) is 39.4 Å². The fourth-order valence-electron chi connectivity index (χ4n) is 1.49. The first kappa shape index (κ1) is 16.9. The molecule has 1 aromatic rings. The number of nitrogens with one attached hydrogen (secondary N) is 1. The summed E-state index contributed by atoms with van der Waals surface area (Å²) in [5.41, 5.74) is 1.44. The quantitative estimate of drug-likeness (QED) is 0.426. The topological polar surface area (TPSA) is 71.3 Å². The normalized spacial score (nSPS) is 10.5. The molecule has 5 nitrogen and oxygen atoms in total. The molecule has 0 heterocycles. The van der Waals surface area contributed by atoms with Crippen molar-refractivity contribution in [1.82, 2.24) is 5.32 Å². The van der Waals surface area contributed by atoms with Gasteiger partial charge in [-0.1, -0.05) is 12.1 Å². The molecule has 0 spiro atoms. The van der Waals surface area contributed by atoms with Crippen LogP contribution < -0.4 is 5.32 Å². The van der Waals surface area contributed by atoms with Gasteiger partial charge >= 0.3 is 5.97 Å². The second kappa shape index (κ2) is 10.6. The molecule has 0 saturated carbocycles. The third-order valence-corrected chi connectivity index (χ3v) is 2.63. The van der Waals surface area contributed by atoms with Crippen molar-refractivity contribution < 1.29 is 14.3 Å². The van der Waals surface area contributed by atoms with Gasteiger partial charge in [0.25, 0.3) is 0 Å². The fourth-order valence-corrected chi connectivity index (χ4v) is 1.49. The van der Waals surface area contributed by atoms with E-state index in [0.717, 1.165) is 12.1 Å². The minimum absolute atomic E-state index is 0.343. The van der Waals surface area contributed by atoms with Gasteiger partial charge in [0.1, 0.15) is 0 Å². The van der Waals surface area contributed by atoms with Crippen molar-refractivity contribution in [3.63, 3.8) is 0 Å². The second-order valence-electron chi connectivity index (χ2n) is 4.30. The Morgan fingerprint density at radius 1 is 1.29 bits per heavy atom. The summed E-state index contributed by atoms with van der Waals surface area (Å²) in [5.74, 6) is -0.380. The number of hydrogen-bond acceptors (Lipinski definition) is 5. The minimum Gasteiger partial charge on any atom is -0.462 e. The monoisotopic (exact) mass is 288 g/mol. The van der Waals surface area contributed by atoms with E-state index in [1.165, 1.54) is 6.08 Å². The summed E-state index contributed by atoms with van der Waals surface area (Å²) >= 11 is 0. The van der Waals surface area contributed by atoms with Crippen LogP contribution in [0, 0.1) is 11.3 Å². The molecule has 112 valence electrons. The van der Waals surface area contributed by atoms with Gasteiger partial charge in [0.15, 0.2) is 0 Å². The van der Waals surface area contributed by atoms with E-state index in [-0.39, 0.29) is 5.97 Å². The number of nitriles is 1. The summed E-state index contributed by atoms with van der Waals surface area (Å²) < 4.78 is 10.4. The molecule has 0 bridgehead atoms. The molecule has 0 aliphatic carbocycles. The summed E-state index contributed by atoms with van der Waals surface area (Å²) in [6.07, 6.45) is 3.72. The van der Waals surface area contributed by atoms with E-state index < -0.39 is 0 Å². The Morgan fingerprint density at radius 3 is 2.71 bits per heavy atom. The molecule has 0 radical (unpaired) electrons. The Morgan fingerprint density at radius 2 is 2.05 bits per heavy atom. The molecule has 1 aromatic carbocycles. The Bertz CT molecular complexity index is 489. The minimum atomic E-state index is -0.380. The molecule has 1 rings (SSSR count). The number of rotatable bonds is 9. The van der Waals surface area contributed by atoms with Gasteiger partial charge in [-0.15, -0.1) is 0 Å². The van der Waals surface area contributed by atoms with Gasteiger partial charge in [-0.3, -0.25) is 0 Å². The Labute approximate surface area is 125 Å². The summed E-state index contributed by atoms with van der Waals surface area (Å²) in [4.78, 5) is 11.5. The molecule has 5 heteroatoms. The van der Waals surface area contributed by atoms with Crippen LogP contribution in [0.1, 0.15) is 17.5 Å². The highest BCUT2D eigenvalue weighted by Gasteiger charge is 1.97. The standard InChI is InChI=1S/C16H20N2O3/c1-18-9-12-20-10-2-11-21-16(19)8-7-14-3-5-15(13-17)6-4-14/h3-8,18H,2,9-12H2,1H3/b8-7+. The highest BCUT2D eigenvalue weighted by Crippen LogP contribution is 2.05. The molecule has 0 unspecified atom stereocenters. The zero-order valence-electron chi connectivity index (χ0n) is 12.2. The number of nitrogens with zero attached hydrogens (tertiary/aromatic N) is 1. The maximum absolute atomic E-state index is 11.5. The summed E-state index contributed by atoms with van der Waals surface area (Å²) in [7, 11) is 1.87. The van der Waals surface area contributed by atoms with Crippen LogP contribution >= 0.6 is 0 Å². The number of benzene rings is 1. The number of likely N-dealkylation sites (N-methyl/N-ethyl adjacent to an activating group) is 1. The molecule has 0 aromatic heterocycles. The average molecular weight is 288 g/mol. The lowest BCUT2D eigenvalue weighted by molar-refractivity contribution is -0.138. The van der Waals surface area contributed by atoms with Crippen molar-refractivity contribution in [1.29, 1.82) is 5.26 Å². The van der Waals surface area contributed by atoms with Crippen LogP contribution in [0.4, 0.5) is 0 Å². The van der Waals surface area contributed by atoms with E-state index in [4.69, 9.17) is 14.7 Å². The van der Waals surface area contributed by atoms with Gasteiger partial charge in [-0.05, 0) is 30.8 Å². The lowest BCUT2D eigenvalue weighted by Gasteiger charge is -2.04. The van der Waals surface area contributed by atoms with Crippen molar-refractivity contribution >= 4 is 12.0 Å². The van der Waals surface area contributed by atoms with E-state index in [2.05, 4.69) is 5.32 Å². The molecule has 0 aliphatic rings. The van der Waals surface area contributed by atoms with Crippen LogP contribution in [0.25, 0.3) is 6.08 Å². The van der Waals surface area contributed by atoms with Crippen LogP contribution in [0.15, 0.2) is 30.3 Å². The Balaban J connectivity index is 2.18. The molecule has 0 amide bonds. The first-order valence-electron chi connectivity index (χ1n) is 6.83. The third kappa shape index (κ3) is 7.88. The summed E-state index contributed by atoms with van der Waals surface area (Å²) in [6, 6.07) is 9.00. The molecule has 21 heavy (non-hydrogen) atoms. The zero-order valence-corrected chi connectivity index (χ0v) is 12.2. The van der Waals surface area contributed by atoms with Crippen LogP contribution in [0.3, 0.4) is 0 Å². The van der Waals surface area contributed by atoms with Crippen molar-refractivity contribution in [3.05, 3.63) is 41.5 Å². The first-order valence-corrected chi connectivity index (χ1v) is 6.83. The first-order chi connectivity index (χ1) is 10.3. The van der Waals surface area contributed by atoms with E-state index >= 15 is 0 Å². The van der Waals surface area contributed by atoms with Crippen LogP contribution in [-0.2, 0) is 14.3 Å². The zero-order chi connectivity index (χ0) is 15.3. The van der Waals surface area contributed by atoms with E-state index in [1.54, 1.807) is 30.3 Å². The maximum Gasteiger partial charge on any atom is 0.330 e. The van der Waals surface area contributed by atoms with Gasteiger partial charge in [-0.2, -0.15) is 5.26 Å². The second-order valence-corrected chi connectivity index (χ2v) is 4.30. The van der Waals surface area contributed by atoms with Gasteiger partial charge in [0, 0.05) is 25.6 Å². The predicted molar refractivity (Wildman–Crippen MR) is 80.5 cm³/mol. The smallest absolute Gasteiger partial charge is 0.330 e. The Kier molecular flexibility index (Phi) is 8.53. The van der Waals surface area contributed by atoms with Gasteiger partial charge in [-0.25, -0.2) is 4.79 Å². The van der Waals surface area contributed by atoms with Gasteiger partial charge < -0.3 is 14.8 Å². The molecule has 0 atom stereocenters. The molecule has 1 N–H and O–H groups in total. The maximum atomic E-state index is 11.5. The number of carbonyl (C=O) groups is 1. The number of hydrogen-bond donors (Lipinski definition) is 1. The van der Waals surface area contributed by atoms with Gasteiger partial charge in [0.2, 0.25) is 0 Å². The lowest BCUT2D eigenvalue weighted by atomic mass is 10.1. The van der Waals surface area contributed by atoms with Crippen molar-refractivity contribution in [2.75, 3.05) is 33.4 Å². The van der Waals surface area contributed by atoms with E-state index in [9.17, 15) is 4.79 Å². The van der Waals surface area contributed by atoms with E-state index in [0.29, 0.717) is 31.8 Å². The van der Waals surface area contributed by atoms with Crippen molar-refractivity contribution in [2.24, 2.45) is 0 Å². The summed E-state index contributed by atoms with van der Waals surface area (Å²) in [6.45, 7) is 2.39. The molecular weight excluding hydrogens is 268 g/mol. The largest absolute Gasteiger partial charge is 0.462 e. The average Bonchev–Trinajstić information content (AvgIpc) is 2.52. The Hall–Kier alpha value is -2.16. The number of carbonyl (C=O) groups excluding carboxylic acids is 1. The number of ether oxygens (including phenoxy) is 2. The molecule has 0 saturated heterocycles. The molecule has 0 fully saturated rings. The lowest BCUT2D eigenvalue weighted by Crippen LogP contribution is -2.15.